The van der Waals surface area contributed by atoms with Gasteiger partial charge in [0, 0.05) is 11.8 Å². The first-order chi connectivity index (χ1) is 19.3. The number of hydrogen-bond donors (Lipinski definition) is 0. The summed E-state index contributed by atoms with van der Waals surface area (Å²) in [5, 5.41) is 29.2. The lowest BCUT2D eigenvalue weighted by Gasteiger charge is -2.33. The van der Waals surface area contributed by atoms with E-state index >= 15 is 0 Å². The van der Waals surface area contributed by atoms with Crippen LogP contribution in [0, 0.1) is 5.92 Å². The average Bonchev–Trinajstić information content (AvgIpc) is 3.74. The summed E-state index contributed by atoms with van der Waals surface area (Å²) >= 11 is 0. The van der Waals surface area contributed by atoms with Crippen molar-refractivity contribution in [1.29, 1.82) is 0 Å². The highest BCUT2D eigenvalue weighted by Crippen LogP contribution is 2.70. The number of allylic oxidation sites excluding steroid dienone is 4. The van der Waals surface area contributed by atoms with E-state index < -0.39 is 0 Å². The maximum Gasteiger partial charge on any atom is 0.0212 e. The minimum Gasteiger partial charge on any atom is -0.0725 e. The summed E-state index contributed by atoms with van der Waals surface area (Å²) < 4.78 is 0. The van der Waals surface area contributed by atoms with Gasteiger partial charge in [0.1, 0.15) is 0 Å². The lowest BCUT2D eigenvalue weighted by atomic mass is 9.70. The van der Waals surface area contributed by atoms with Gasteiger partial charge in [0.25, 0.3) is 0 Å². The molecular formula is C39H14. The normalized spacial score (nSPS) is 22.9. The van der Waals surface area contributed by atoms with E-state index in [2.05, 4.69) is 36.4 Å². The van der Waals surface area contributed by atoms with Crippen molar-refractivity contribution < 1.29 is 0 Å². The van der Waals surface area contributed by atoms with Crippen LogP contribution in [0.25, 0.3) is 108 Å². The molecule has 0 saturated carbocycles. The van der Waals surface area contributed by atoms with Crippen LogP contribution in [-0.4, -0.2) is 0 Å². The van der Waals surface area contributed by atoms with Gasteiger partial charge in [-0.25, -0.2) is 0 Å². The topological polar surface area (TPSA) is 0 Å². The largest absolute Gasteiger partial charge is 0.0725 e. The van der Waals surface area contributed by atoms with Gasteiger partial charge in [-0.3, -0.25) is 0 Å². The Morgan fingerprint density at radius 3 is 1.31 bits per heavy atom. The molecule has 0 N–H and O–H groups in total. The van der Waals surface area contributed by atoms with Gasteiger partial charge in [0.15, 0.2) is 0 Å². The van der Waals surface area contributed by atoms with Gasteiger partial charge in [-0.1, -0.05) is 36.4 Å². The van der Waals surface area contributed by atoms with Crippen molar-refractivity contribution >= 4 is 108 Å². The van der Waals surface area contributed by atoms with Gasteiger partial charge in [-0.05, 0) is 172 Å². The quantitative estimate of drug-likeness (QED) is 0.189. The first kappa shape index (κ1) is 15.9. The van der Waals surface area contributed by atoms with Gasteiger partial charge in [0.05, 0.1) is 0 Å². The van der Waals surface area contributed by atoms with Gasteiger partial charge >= 0.3 is 0 Å². The summed E-state index contributed by atoms with van der Waals surface area (Å²) in [7, 11) is 0. The molecule has 0 radical (unpaired) electrons. The zero-order chi connectivity index (χ0) is 23.7. The van der Waals surface area contributed by atoms with E-state index in [9.17, 15) is 0 Å². The highest BCUT2D eigenvalue weighted by Gasteiger charge is 2.49. The molecule has 0 saturated heterocycles. The Hall–Kier alpha value is -4.42. The standard InChI is InChI=1S/C39H14/c1-10-4-16-6-12-2-14-8-18-9-15-3-13-7-17-5-11(1)20-19(10)28-25(16)30-21(12)23(14)32-27(18)33-24(15)22(13)31-26(17)29(20)35-34(28)36(30)38(32)39(33)37(31)35/h4-9,16,25H,1-3H2. The second kappa shape index (κ2) is 3.98. The third kappa shape index (κ3) is 1.09. The Morgan fingerprint density at radius 2 is 0.795 bits per heavy atom. The molecule has 0 spiro atoms. The Morgan fingerprint density at radius 1 is 0.385 bits per heavy atom. The predicted molar refractivity (Wildman–Crippen MR) is 163 cm³/mol. The first-order valence-electron chi connectivity index (χ1n) is 14.8. The SMILES string of the molecule is C1=C2Cc3cc4cc5c6c7c(cc8cc9c%10c%11c%12c%13c%14c(c2c3c2c4c6c(c%142)c2c7c8c%10c%132)C%12C1C=C%11C9)C5. The number of hydrogen-bond acceptors (Lipinski definition) is 0. The predicted octanol–water partition coefficient (Wildman–Crippen LogP) is 9.56. The zero-order valence-corrected chi connectivity index (χ0v) is 20.7. The van der Waals surface area contributed by atoms with Crippen molar-refractivity contribution in [2.24, 2.45) is 5.92 Å². The molecule has 39 heavy (non-hydrogen) atoms. The lowest BCUT2D eigenvalue weighted by molar-refractivity contribution is 0.682. The first-order valence-corrected chi connectivity index (χ1v) is 14.8. The summed E-state index contributed by atoms with van der Waals surface area (Å²) in [6.45, 7) is 0. The Labute approximate surface area is 219 Å². The summed E-state index contributed by atoms with van der Waals surface area (Å²) in [6.07, 6.45) is 8.77. The third-order valence-electron chi connectivity index (χ3n) is 13.1. The van der Waals surface area contributed by atoms with E-state index in [-0.39, 0.29) is 0 Å². The summed E-state index contributed by atoms with van der Waals surface area (Å²) in [4.78, 5) is 0. The molecule has 0 heteroatoms. The maximum atomic E-state index is 2.72. The van der Waals surface area contributed by atoms with Crippen LogP contribution in [0.2, 0.25) is 0 Å². The fourth-order valence-electron chi connectivity index (χ4n) is 12.5. The van der Waals surface area contributed by atoms with Crippen molar-refractivity contribution in [2.75, 3.05) is 0 Å². The molecule has 6 aliphatic rings. The molecular weight excluding hydrogens is 468 g/mol. The fraction of sp³-hybridized carbons (Fsp3) is 0.128. The molecule has 0 unspecified atom stereocenters. The van der Waals surface area contributed by atoms with Gasteiger partial charge < -0.3 is 0 Å². The summed E-state index contributed by atoms with van der Waals surface area (Å²) in [5.41, 5.74) is 16.4. The van der Waals surface area contributed by atoms with E-state index in [1.165, 1.54) is 10.8 Å². The molecule has 0 bridgehead atoms. The molecule has 10 aromatic rings. The van der Waals surface area contributed by atoms with Gasteiger partial charge in [-0.15, -0.1) is 0 Å². The molecule has 0 aliphatic heterocycles. The molecule has 10 aromatic carbocycles. The van der Waals surface area contributed by atoms with Gasteiger partial charge in [0.2, 0.25) is 0 Å². The van der Waals surface area contributed by atoms with Crippen LogP contribution >= 0.6 is 0 Å². The van der Waals surface area contributed by atoms with Crippen LogP contribution in [0.15, 0.2) is 36.4 Å². The Bertz CT molecular complexity index is 2890. The molecule has 16 rings (SSSR count). The van der Waals surface area contributed by atoms with Crippen molar-refractivity contribution in [2.45, 2.75) is 25.2 Å². The minimum absolute atomic E-state index is 0.512. The molecule has 0 fully saturated rings. The Balaban J connectivity index is 1.50. The highest BCUT2D eigenvalue weighted by atomic mass is 14.5. The molecule has 170 valence electrons. The summed E-state index contributed by atoms with van der Waals surface area (Å²) in [6, 6.07) is 10.4. The number of benzene rings is 8. The van der Waals surface area contributed by atoms with E-state index in [1.807, 2.05) is 0 Å². The molecule has 0 atom stereocenters. The van der Waals surface area contributed by atoms with E-state index in [1.54, 1.807) is 142 Å². The fourth-order valence-corrected chi connectivity index (χ4v) is 12.5. The van der Waals surface area contributed by atoms with Crippen LogP contribution in [0.1, 0.15) is 50.4 Å². The average molecular weight is 483 g/mol. The van der Waals surface area contributed by atoms with Crippen molar-refractivity contribution in [3.05, 3.63) is 80.9 Å². The zero-order valence-electron chi connectivity index (χ0n) is 20.7. The molecule has 0 nitrogen and oxygen atoms in total. The molecule has 0 heterocycles. The lowest BCUT2D eigenvalue weighted by Crippen LogP contribution is -2.19. The van der Waals surface area contributed by atoms with E-state index in [0.29, 0.717) is 11.8 Å². The smallest absolute Gasteiger partial charge is 0.0212 e. The number of rotatable bonds is 0. The molecule has 6 aliphatic carbocycles. The van der Waals surface area contributed by atoms with Crippen molar-refractivity contribution in [3.63, 3.8) is 0 Å². The molecule has 0 amide bonds. The Kier molecular flexibility index (Phi) is 1.62. The van der Waals surface area contributed by atoms with Crippen LogP contribution in [-0.2, 0) is 19.3 Å². The van der Waals surface area contributed by atoms with Crippen LogP contribution in [0.4, 0.5) is 0 Å². The second-order valence-corrected chi connectivity index (χ2v) is 14.1. The van der Waals surface area contributed by atoms with Gasteiger partial charge in [-0.2, -0.15) is 0 Å². The van der Waals surface area contributed by atoms with Crippen molar-refractivity contribution in [3.8, 4) is 0 Å². The maximum absolute atomic E-state index is 2.72. The van der Waals surface area contributed by atoms with Crippen LogP contribution in [0.3, 0.4) is 0 Å². The highest BCUT2D eigenvalue weighted by molar-refractivity contribution is 6.61. The van der Waals surface area contributed by atoms with Crippen LogP contribution < -0.4 is 0 Å². The minimum atomic E-state index is 0.512. The van der Waals surface area contributed by atoms with Crippen LogP contribution in [0.5, 0.6) is 0 Å². The molecule has 0 aromatic heterocycles. The van der Waals surface area contributed by atoms with E-state index in [4.69, 9.17) is 0 Å². The third-order valence-corrected chi connectivity index (χ3v) is 13.1. The van der Waals surface area contributed by atoms with Crippen molar-refractivity contribution in [1.82, 2.24) is 0 Å². The van der Waals surface area contributed by atoms with E-state index in [0.717, 1.165) is 19.3 Å². The summed E-state index contributed by atoms with van der Waals surface area (Å²) in [5.74, 6) is 1.03. The second-order valence-electron chi connectivity index (χ2n) is 14.1. The monoisotopic (exact) mass is 482 g/mol.